The summed E-state index contributed by atoms with van der Waals surface area (Å²) in [6.45, 7) is 0.866. The Bertz CT molecular complexity index is 434. The molecule has 1 atom stereocenters. The van der Waals surface area contributed by atoms with Gasteiger partial charge in [0.15, 0.2) is 5.78 Å². The predicted octanol–water partition coefficient (Wildman–Crippen LogP) is 3.00. The maximum absolute atomic E-state index is 12.4. The first-order valence-corrected chi connectivity index (χ1v) is 6.61. The van der Waals surface area contributed by atoms with E-state index in [0.29, 0.717) is 5.78 Å². The van der Waals surface area contributed by atoms with Crippen LogP contribution in [-0.2, 0) is 4.79 Å². The summed E-state index contributed by atoms with van der Waals surface area (Å²) in [5, 5.41) is 0. The van der Waals surface area contributed by atoms with E-state index in [0.717, 1.165) is 36.9 Å². The van der Waals surface area contributed by atoms with E-state index in [1.807, 2.05) is 32.3 Å². The quantitative estimate of drug-likeness (QED) is 0.761. The van der Waals surface area contributed by atoms with E-state index in [2.05, 4.69) is 23.1 Å². The average Bonchev–Trinajstić information content (AvgIpc) is 2.35. The number of carbonyl (C=O) groups is 1. The number of ketones is 1. The Kier molecular flexibility index (Phi) is 4.32. The third-order valence-corrected chi connectivity index (χ3v) is 3.41. The molecule has 1 saturated carbocycles. The SMILES string of the molecule is CN(C)CC1CCC/C(=C\c2ccccc2)C1=O. The Morgan fingerprint density at radius 1 is 1.28 bits per heavy atom. The van der Waals surface area contributed by atoms with E-state index < -0.39 is 0 Å². The van der Waals surface area contributed by atoms with Gasteiger partial charge in [0.1, 0.15) is 0 Å². The second kappa shape index (κ2) is 5.96. The van der Waals surface area contributed by atoms with Crippen LogP contribution in [0.25, 0.3) is 6.08 Å². The topological polar surface area (TPSA) is 20.3 Å². The van der Waals surface area contributed by atoms with E-state index in [1.54, 1.807) is 0 Å². The van der Waals surface area contributed by atoms with Gasteiger partial charge in [-0.1, -0.05) is 30.3 Å². The van der Waals surface area contributed by atoms with Gasteiger partial charge in [0.25, 0.3) is 0 Å². The normalized spacial score (nSPS) is 22.7. The first kappa shape index (κ1) is 13.0. The fourth-order valence-electron chi connectivity index (χ4n) is 2.56. The summed E-state index contributed by atoms with van der Waals surface area (Å²) in [5.74, 6) is 0.530. The number of nitrogens with zero attached hydrogens (tertiary/aromatic N) is 1. The van der Waals surface area contributed by atoms with Crippen LogP contribution in [0, 0.1) is 5.92 Å². The van der Waals surface area contributed by atoms with Gasteiger partial charge in [-0.3, -0.25) is 4.79 Å². The summed E-state index contributed by atoms with van der Waals surface area (Å²) in [5.41, 5.74) is 2.13. The number of Topliss-reactive ketones (excluding diaryl/α,β-unsaturated/α-hetero) is 1. The minimum absolute atomic E-state index is 0.184. The number of hydrogen-bond donors (Lipinski definition) is 0. The summed E-state index contributed by atoms with van der Waals surface area (Å²) in [6, 6.07) is 10.1. The van der Waals surface area contributed by atoms with Crippen molar-refractivity contribution in [3.05, 3.63) is 41.5 Å². The number of rotatable bonds is 3. The molecule has 2 heteroatoms. The molecule has 96 valence electrons. The van der Waals surface area contributed by atoms with Gasteiger partial charge in [-0.05, 0) is 50.6 Å². The van der Waals surface area contributed by atoms with Crippen molar-refractivity contribution in [3.63, 3.8) is 0 Å². The van der Waals surface area contributed by atoms with E-state index >= 15 is 0 Å². The molecule has 0 heterocycles. The van der Waals surface area contributed by atoms with Crippen molar-refractivity contribution in [1.82, 2.24) is 4.90 Å². The Labute approximate surface area is 109 Å². The van der Waals surface area contributed by atoms with E-state index in [-0.39, 0.29) is 5.92 Å². The van der Waals surface area contributed by atoms with Crippen LogP contribution in [0.3, 0.4) is 0 Å². The Hall–Kier alpha value is -1.41. The van der Waals surface area contributed by atoms with Crippen LogP contribution in [0.15, 0.2) is 35.9 Å². The van der Waals surface area contributed by atoms with Crippen molar-refractivity contribution in [2.24, 2.45) is 5.92 Å². The summed E-state index contributed by atoms with van der Waals surface area (Å²) in [6.07, 6.45) is 5.15. The van der Waals surface area contributed by atoms with Gasteiger partial charge in [0, 0.05) is 12.5 Å². The van der Waals surface area contributed by atoms with Crippen molar-refractivity contribution >= 4 is 11.9 Å². The Morgan fingerprint density at radius 2 is 2.00 bits per heavy atom. The van der Waals surface area contributed by atoms with Gasteiger partial charge in [0.05, 0.1) is 0 Å². The number of benzene rings is 1. The van der Waals surface area contributed by atoms with Crippen molar-refractivity contribution in [3.8, 4) is 0 Å². The molecule has 0 spiro atoms. The van der Waals surface area contributed by atoms with Gasteiger partial charge < -0.3 is 4.90 Å². The molecule has 1 fully saturated rings. The summed E-state index contributed by atoms with van der Waals surface area (Å²) in [4.78, 5) is 14.5. The maximum atomic E-state index is 12.4. The molecule has 0 amide bonds. The van der Waals surface area contributed by atoms with Gasteiger partial charge in [-0.25, -0.2) is 0 Å². The van der Waals surface area contributed by atoms with Crippen molar-refractivity contribution in [2.75, 3.05) is 20.6 Å². The monoisotopic (exact) mass is 243 g/mol. The zero-order valence-electron chi connectivity index (χ0n) is 11.2. The number of hydrogen-bond acceptors (Lipinski definition) is 2. The maximum Gasteiger partial charge on any atom is 0.163 e. The average molecular weight is 243 g/mol. The van der Waals surface area contributed by atoms with Crippen molar-refractivity contribution in [2.45, 2.75) is 19.3 Å². The molecule has 1 aromatic rings. The summed E-state index contributed by atoms with van der Waals surface area (Å²) in [7, 11) is 4.06. The molecule has 1 aliphatic carbocycles. The zero-order chi connectivity index (χ0) is 13.0. The van der Waals surface area contributed by atoms with Crippen LogP contribution in [0.4, 0.5) is 0 Å². The van der Waals surface area contributed by atoms with Crippen LogP contribution in [0.5, 0.6) is 0 Å². The molecule has 1 aromatic carbocycles. The van der Waals surface area contributed by atoms with Crippen molar-refractivity contribution < 1.29 is 4.79 Å². The lowest BCUT2D eigenvalue weighted by Gasteiger charge is -2.25. The molecule has 18 heavy (non-hydrogen) atoms. The Morgan fingerprint density at radius 3 is 2.67 bits per heavy atom. The highest BCUT2D eigenvalue weighted by Crippen LogP contribution is 2.27. The molecule has 1 unspecified atom stereocenters. The number of allylic oxidation sites excluding steroid dienone is 1. The highest BCUT2D eigenvalue weighted by atomic mass is 16.1. The standard InChI is InChI=1S/C16H21NO/c1-17(2)12-15-10-6-9-14(16(15)18)11-13-7-4-3-5-8-13/h3-5,7-8,11,15H,6,9-10,12H2,1-2H3/b14-11+. The molecule has 1 aliphatic rings. The molecule has 2 nitrogen and oxygen atoms in total. The van der Waals surface area contributed by atoms with Crippen LogP contribution >= 0.6 is 0 Å². The smallest absolute Gasteiger partial charge is 0.163 e. The van der Waals surface area contributed by atoms with E-state index in [1.165, 1.54) is 0 Å². The summed E-state index contributed by atoms with van der Waals surface area (Å²) < 4.78 is 0. The molecular formula is C16H21NO. The first-order valence-electron chi connectivity index (χ1n) is 6.61. The minimum Gasteiger partial charge on any atom is -0.309 e. The molecular weight excluding hydrogens is 222 g/mol. The van der Waals surface area contributed by atoms with Crippen LogP contribution in [-0.4, -0.2) is 31.3 Å². The lowest BCUT2D eigenvalue weighted by atomic mass is 9.83. The molecule has 0 N–H and O–H groups in total. The predicted molar refractivity (Wildman–Crippen MR) is 75.3 cm³/mol. The lowest BCUT2D eigenvalue weighted by molar-refractivity contribution is -0.120. The number of carbonyl (C=O) groups excluding carboxylic acids is 1. The molecule has 0 bridgehead atoms. The fourth-order valence-corrected chi connectivity index (χ4v) is 2.56. The van der Waals surface area contributed by atoms with Crippen molar-refractivity contribution in [1.29, 1.82) is 0 Å². The van der Waals surface area contributed by atoms with Gasteiger partial charge in [-0.2, -0.15) is 0 Å². The minimum atomic E-state index is 0.184. The first-order chi connectivity index (χ1) is 8.66. The third-order valence-electron chi connectivity index (χ3n) is 3.41. The highest BCUT2D eigenvalue weighted by Gasteiger charge is 2.26. The molecule has 0 saturated heterocycles. The zero-order valence-corrected chi connectivity index (χ0v) is 11.2. The lowest BCUT2D eigenvalue weighted by Crippen LogP contribution is -2.31. The molecule has 0 aliphatic heterocycles. The second-order valence-electron chi connectivity index (χ2n) is 5.30. The van der Waals surface area contributed by atoms with Crippen LogP contribution in [0.2, 0.25) is 0 Å². The van der Waals surface area contributed by atoms with Gasteiger partial charge >= 0.3 is 0 Å². The van der Waals surface area contributed by atoms with E-state index in [9.17, 15) is 4.79 Å². The molecule has 0 aromatic heterocycles. The van der Waals surface area contributed by atoms with Gasteiger partial charge in [0.2, 0.25) is 0 Å². The second-order valence-corrected chi connectivity index (χ2v) is 5.30. The van der Waals surface area contributed by atoms with Crippen LogP contribution in [0.1, 0.15) is 24.8 Å². The third kappa shape index (κ3) is 3.30. The van der Waals surface area contributed by atoms with Gasteiger partial charge in [-0.15, -0.1) is 0 Å². The fraction of sp³-hybridized carbons (Fsp3) is 0.438. The molecule has 2 rings (SSSR count). The summed E-state index contributed by atoms with van der Waals surface area (Å²) >= 11 is 0. The van der Waals surface area contributed by atoms with E-state index in [4.69, 9.17) is 0 Å². The van der Waals surface area contributed by atoms with Crippen LogP contribution < -0.4 is 0 Å². The highest BCUT2D eigenvalue weighted by molar-refractivity contribution is 6.01. The largest absolute Gasteiger partial charge is 0.309 e. The molecule has 0 radical (unpaired) electrons. The Balaban J connectivity index is 2.14.